The second-order valence-corrected chi connectivity index (χ2v) is 4.83. The number of benzene rings is 1. The molecule has 9 heteroatoms. The maximum Gasteiger partial charge on any atom is 0.409 e. The van der Waals surface area contributed by atoms with Crippen molar-refractivity contribution in [3.05, 3.63) is 29.6 Å². The molecule has 126 valence electrons. The minimum atomic E-state index is -1.64. The summed E-state index contributed by atoms with van der Waals surface area (Å²) in [5.74, 6) is -4.43. The van der Waals surface area contributed by atoms with Crippen molar-refractivity contribution < 1.29 is 27.5 Å². The van der Waals surface area contributed by atoms with Gasteiger partial charge < -0.3 is 19.9 Å². The van der Waals surface area contributed by atoms with Crippen molar-refractivity contribution in [1.82, 2.24) is 9.80 Å². The van der Waals surface area contributed by atoms with Crippen molar-refractivity contribution in [3.63, 3.8) is 0 Å². The lowest BCUT2D eigenvalue weighted by molar-refractivity contribution is 0.0868. The lowest BCUT2D eigenvalue weighted by Gasteiger charge is -2.34. The fourth-order valence-corrected chi connectivity index (χ4v) is 2.12. The average Bonchev–Trinajstić information content (AvgIpc) is 2.55. The lowest BCUT2D eigenvalue weighted by atomic mass is 10.2. The number of hydrogen-bond donors (Lipinski definition) is 1. The smallest absolute Gasteiger partial charge is 0.409 e. The Labute approximate surface area is 130 Å². The number of rotatable bonds is 2. The topological polar surface area (TPSA) is 61.9 Å². The van der Waals surface area contributed by atoms with E-state index in [1.165, 1.54) is 9.80 Å². The van der Waals surface area contributed by atoms with E-state index in [0.717, 1.165) is 12.1 Å². The number of halogens is 3. The SMILES string of the molecule is CCOC(=O)N1CCN(C(=O)Nc2ccc(F)c(F)c2F)CC1. The first-order valence-corrected chi connectivity index (χ1v) is 7.05. The summed E-state index contributed by atoms with van der Waals surface area (Å²) in [6, 6.07) is 1.02. The molecule has 1 heterocycles. The van der Waals surface area contributed by atoms with E-state index >= 15 is 0 Å². The predicted octanol–water partition coefficient (Wildman–Crippen LogP) is 2.41. The molecule has 0 saturated carbocycles. The zero-order valence-electron chi connectivity index (χ0n) is 12.4. The number of anilines is 1. The van der Waals surface area contributed by atoms with Crippen molar-refractivity contribution in [3.8, 4) is 0 Å². The van der Waals surface area contributed by atoms with Crippen LogP contribution in [0.25, 0.3) is 0 Å². The highest BCUT2D eigenvalue weighted by atomic mass is 19.2. The van der Waals surface area contributed by atoms with Crippen LogP contribution in [-0.2, 0) is 4.74 Å². The molecule has 0 radical (unpaired) electrons. The molecule has 0 atom stereocenters. The fourth-order valence-electron chi connectivity index (χ4n) is 2.12. The van der Waals surface area contributed by atoms with Crippen LogP contribution in [0, 0.1) is 17.5 Å². The van der Waals surface area contributed by atoms with Crippen LogP contribution in [0.5, 0.6) is 0 Å². The minimum absolute atomic E-state index is 0.218. The Kier molecular flexibility index (Phi) is 5.30. The van der Waals surface area contributed by atoms with E-state index in [2.05, 4.69) is 5.32 Å². The number of carbonyl (C=O) groups is 2. The van der Waals surface area contributed by atoms with Crippen LogP contribution in [0.15, 0.2) is 12.1 Å². The maximum absolute atomic E-state index is 13.5. The summed E-state index contributed by atoms with van der Waals surface area (Å²) in [6.07, 6.45) is -0.459. The molecule has 0 aromatic heterocycles. The molecule has 1 aliphatic rings. The standard InChI is InChI=1S/C14H16F3N3O3/c1-2-23-14(22)20-7-5-19(6-8-20)13(21)18-10-4-3-9(15)11(16)12(10)17/h3-4H,2,5-8H2,1H3,(H,18,21). The van der Waals surface area contributed by atoms with Crippen molar-refractivity contribution in [2.24, 2.45) is 0 Å². The summed E-state index contributed by atoms with van der Waals surface area (Å²) >= 11 is 0. The second-order valence-electron chi connectivity index (χ2n) is 4.83. The van der Waals surface area contributed by atoms with Gasteiger partial charge in [-0.2, -0.15) is 0 Å². The third kappa shape index (κ3) is 3.85. The molecule has 1 saturated heterocycles. The molecular formula is C14H16F3N3O3. The normalized spacial score (nSPS) is 14.6. The zero-order valence-corrected chi connectivity index (χ0v) is 12.4. The maximum atomic E-state index is 13.5. The number of urea groups is 1. The number of nitrogens with one attached hydrogen (secondary N) is 1. The second kappa shape index (κ2) is 7.21. The molecule has 23 heavy (non-hydrogen) atoms. The molecule has 1 aromatic rings. The Morgan fingerprint density at radius 2 is 1.70 bits per heavy atom. The first-order chi connectivity index (χ1) is 10.9. The van der Waals surface area contributed by atoms with Crippen LogP contribution in [0.4, 0.5) is 28.4 Å². The Morgan fingerprint density at radius 3 is 2.30 bits per heavy atom. The van der Waals surface area contributed by atoms with Gasteiger partial charge in [-0.15, -0.1) is 0 Å². The van der Waals surface area contributed by atoms with Crippen LogP contribution in [0.1, 0.15) is 6.92 Å². The van der Waals surface area contributed by atoms with Crippen molar-refractivity contribution in [2.75, 3.05) is 38.1 Å². The van der Waals surface area contributed by atoms with Gasteiger partial charge in [0.25, 0.3) is 0 Å². The molecule has 2 rings (SSSR count). The highest BCUT2D eigenvalue weighted by Gasteiger charge is 2.25. The Balaban J connectivity index is 1.93. The largest absolute Gasteiger partial charge is 0.450 e. The first kappa shape index (κ1) is 16.9. The molecule has 3 amide bonds. The average molecular weight is 331 g/mol. The van der Waals surface area contributed by atoms with Crippen LogP contribution in [0.2, 0.25) is 0 Å². The minimum Gasteiger partial charge on any atom is -0.450 e. The Morgan fingerprint density at radius 1 is 1.09 bits per heavy atom. The summed E-state index contributed by atoms with van der Waals surface area (Å²) in [6.45, 7) is 2.93. The number of ether oxygens (including phenoxy) is 1. The number of hydrogen-bond acceptors (Lipinski definition) is 3. The molecule has 6 nitrogen and oxygen atoms in total. The summed E-state index contributed by atoms with van der Waals surface area (Å²) in [5, 5.41) is 2.19. The quantitative estimate of drug-likeness (QED) is 0.847. The highest BCUT2D eigenvalue weighted by molar-refractivity contribution is 5.89. The predicted molar refractivity (Wildman–Crippen MR) is 75.5 cm³/mol. The summed E-state index contributed by atoms with van der Waals surface area (Å²) in [5.41, 5.74) is -0.443. The molecule has 0 aliphatic carbocycles. The van der Waals surface area contributed by atoms with Crippen molar-refractivity contribution in [1.29, 1.82) is 0 Å². The van der Waals surface area contributed by atoms with Crippen LogP contribution >= 0.6 is 0 Å². The number of carbonyl (C=O) groups excluding carboxylic acids is 2. The number of amides is 3. The van der Waals surface area contributed by atoms with E-state index in [1.807, 2.05) is 0 Å². The summed E-state index contributed by atoms with van der Waals surface area (Å²) in [7, 11) is 0. The first-order valence-electron chi connectivity index (χ1n) is 7.05. The molecule has 1 N–H and O–H groups in total. The van der Waals surface area contributed by atoms with Gasteiger partial charge >= 0.3 is 12.1 Å². The molecule has 0 bridgehead atoms. The van der Waals surface area contributed by atoms with Gasteiger partial charge in [0.1, 0.15) is 0 Å². The van der Waals surface area contributed by atoms with Crippen molar-refractivity contribution >= 4 is 17.8 Å². The van der Waals surface area contributed by atoms with E-state index in [9.17, 15) is 22.8 Å². The van der Waals surface area contributed by atoms with Gasteiger partial charge in [0, 0.05) is 26.2 Å². The van der Waals surface area contributed by atoms with E-state index in [0.29, 0.717) is 0 Å². The monoisotopic (exact) mass is 331 g/mol. The fraction of sp³-hybridized carbons (Fsp3) is 0.429. The van der Waals surface area contributed by atoms with Crippen LogP contribution in [-0.4, -0.2) is 54.7 Å². The Hall–Kier alpha value is -2.45. The number of piperazine rings is 1. The van der Waals surface area contributed by atoms with E-state index < -0.39 is 35.3 Å². The van der Waals surface area contributed by atoms with E-state index in [-0.39, 0.29) is 32.8 Å². The van der Waals surface area contributed by atoms with Gasteiger partial charge in [-0.1, -0.05) is 0 Å². The van der Waals surface area contributed by atoms with Crippen molar-refractivity contribution in [2.45, 2.75) is 6.92 Å². The third-order valence-corrected chi connectivity index (χ3v) is 3.37. The summed E-state index contributed by atoms with van der Waals surface area (Å²) in [4.78, 5) is 26.3. The van der Waals surface area contributed by atoms with Crippen LogP contribution < -0.4 is 5.32 Å². The lowest BCUT2D eigenvalue weighted by Crippen LogP contribution is -2.51. The van der Waals surface area contributed by atoms with Gasteiger partial charge in [0.2, 0.25) is 0 Å². The molecule has 1 aliphatic heterocycles. The van der Waals surface area contributed by atoms with Gasteiger partial charge in [0.15, 0.2) is 17.5 Å². The van der Waals surface area contributed by atoms with Crippen LogP contribution in [0.3, 0.4) is 0 Å². The zero-order chi connectivity index (χ0) is 17.0. The molecule has 0 unspecified atom stereocenters. The van der Waals surface area contributed by atoms with Gasteiger partial charge in [-0.25, -0.2) is 22.8 Å². The molecule has 1 aromatic carbocycles. The molecule has 0 spiro atoms. The van der Waals surface area contributed by atoms with E-state index in [4.69, 9.17) is 4.74 Å². The summed E-state index contributed by atoms with van der Waals surface area (Å²) < 4.78 is 44.3. The van der Waals surface area contributed by atoms with Gasteiger partial charge in [-0.05, 0) is 19.1 Å². The Bertz CT molecular complexity index is 604. The van der Waals surface area contributed by atoms with E-state index in [1.54, 1.807) is 6.92 Å². The molecular weight excluding hydrogens is 315 g/mol. The third-order valence-electron chi connectivity index (χ3n) is 3.37. The molecule has 1 fully saturated rings. The van der Waals surface area contributed by atoms with Gasteiger partial charge in [0.05, 0.1) is 12.3 Å². The highest BCUT2D eigenvalue weighted by Crippen LogP contribution is 2.20. The van der Waals surface area contributed by atoms with Gasteiger partial charge in [-0.3, -0.25) is 0 Å². The number of nitrogens with zero attached hydrogens (tertiary/aromatic N) is 2.